The van der Waals surface area contributed by atoms with Crippen molar-refractivity contribution in [1.29, 1.82) is 0 Å². The normalized spacial score (nSPS) is 14.9. The van der Waals surface area contributed by atoms with Crippen molar-refractivity contribution in [1.82, 2.24) is 5.32 Å². The Kier molecular flexibility index (Phi) is 2.85. The van der Waals surface area contributed by atoms with Crippen LogP contribution >= 0.6 is 0 Å². The molecule has 2 rings (SSSR count). The van der Waals surface area contributed by atoms with Crippen molar-refractivity contribution in [3.63, 3.8) is 0 Å². The van der Waals surface area contributed by atoms with Gasteiger partial charge in [0.2, 0.25) is 5.91 Å². The standard InChI is InChI=1S/C11H13NO3/c13-9(10-2-1-7-15-10)5-6-11(14)12-8-3-4-8/h1-2,7-8H,3-6H2,(H,12,14). The van der Waals surface area contributed by atoms with Crippen molar-refractivity contribution >= 4 is 11.7 Å². The molecular formula is C11H13NO3. The van der Waals surface area contributed by atoms with Gasteiger partial charge in [0.15, 0.2) is 11.5 Å². The average molecular weight is 207 g/mol. The highest BCUT2D eigenvalue weighted by Crippen LogP contribution is 2.18. The highest BCUT2D eigenvalue weighted by molar-refractivity contribution is 5.95. The molecule has 1 amide bonds. The molecule has 1 aromatic heterocycles. The number of carbonyl (C=O) groups is 2. The topological polar surface area (TPSA) is 59.3 Å². The minimum Gasteiger partial charge on any atom is -0.461 e. The van der Waals surface area contributed by atoms with Crippen LogP contribution in [-0.2, 0) is 4.79 Å². The van der Waals surface area contributed by atoms with Crippen LogP contribution in [0.2, 0.25) is 0 Å². The van der Waals surface area contributed by atoms with Gasteiger partial charge in [-0.05, 0) is 25.0 Å². The second-order valence-electron chi connectivity index (χ2n) is 3.74. The fraction of sp³-hybridized carbons (Fsp3) is 0.455. The van der Waals surface area contributed by atoms with Crippen LogP contribution in [0.5, 0.6) is 0 Å². The van der Waals surface area contributed by atoms with Gasteiger partial charge in [-0.2, -0.15) is 0 Å². The third-order valence-corrected chi connectivity index (χ3v) is 2.32. The highest BCUT2D eigenvalue weighted by Gasteiger charge is 2.23. The van der Waals surface area contributed by atoms with E-state index in [0.29, 0.717) is 11.8 Å². The van der Waals surface area contributed by atoms with Crippen LogP contribution in [0.25, 0.3) is 0 Å². The lowest BCUT2D eigenvalue weighted by atomic mass is 10.2. The number of rotatable bonds is 5. The van der Waals surface area contributed by atoms with Crippen molar-refractivity contribution in [2.45, 2.75) is 31.7 Å². The Morgan fingerprint density at radius 2 is 2.20 bits per heavy atom. The van der Waals surface area contributed by atoms with Gasteiger partial charge >= 0.3 is 0 Å². The van der Waals surface area contributed by atoms with E-state index in [0.717, 1.165) is 12.8 Å². The molecule has 0 atom stereocenters. The highest BCUT2D eigenvalue weighted by atomic mass is 16.3. The maximum absolute atomic E-state index is 11.4. The Hall–Kier alpha value is -1.58. The Labute approximate surface area is 87.6 Å². The summed E-state index contributed by atoms with van der Waals surface area (Å²) in [4.78, 5) is 22.7. The molecule has 1 heterocycles. The molecule has 1 N–H and O–H groups in total. The zero-order chi connectivity index (χ0) is 10.7. The van der Waals surface area contributed by atoms with E-state index in [4.69, 9.17) is 4.42 Å². The first kappa shape index (κ1) is 9.96. The SMILES string of the molecule is O=C(CCC(=O)c1ccco1)NC1CC1. The van der Waals surface area contributed by atoms with Crippen LogP contribution in [0.1, 0.15) is 36.2 Å². The third kappa shape index (κ3) is 2.94. The van der Waals surface area contributed by atoms with Crippen LogP contribution in [0.3, 0.4) is 0 Å². The third-order valence-electron chi connectivity index (χ3n) is 2.32. The molecule has 0 aliphatic heterocycles. The molecule has 0 spiro atoms. The first-order valence-electron chi connectivity index (χ1n) is 5.12. The summed E-state index contributed by atoms with van der Waals surface area (Å²) in [6.45, 7) is 0. The van der Waals surface area contributed by atoms with Gasteiger partial charge < -0.3 is 9.73 Å². The second kappa shape index (κ2) is 4.29. The van der Waals surface area contributed by atoms with Crippen molar-refractivity contribution in [3.05, 3.63) is 24.2 Å². The Balaban J connectivity index is 1.72. The van der Waals surface area contributed by atoms with Gasteiger partial charge in [-0.25, -0.2) is 0 Å². The van der Waals surface area contributed by atoms with E-state index in [-0.39, 0.29) is 24.5 Å². The maximum Gasteiger partial charge on any atom is 0.220 e. The summed E-state index contributed by atoms with van der Waals surface area (Å²) >= 11 is 0. The lowest BCUT2D eigenvalue weighted by molar-refractivity contribution is -0.121. The minimum atomic E-state index is -0.119. The monoisotopic (exact) mass is 207 g/mol. The van der Waals surface area contributed by atoms with Gasteiger partial charge in [0.05, 0.1) is 6.26 Å². The van der Waals surface area contributed by atoms with Gasteiger partial charge in [-0.3, -0.25) is 9.59 Å². The molecule has 4 nitrogen and oxygen atoms in total. The van der Waals surface area contributed by atoms with E-state index in [9.17, 15) is 9.59 Å². The lowest BCUT2D eigenvalue weighted by Gasteiger charge is -2.01. The molecule has 4 heteroatoms. The zero-order valence-electron chi connectivity index (χ0n) is 8.36. The predicted octanol–water partition coefficient (Wildman–Crippen LogP) is 1.52. The Morgan fingerprint density at radius 1 is 1.40 bits per heavy atom. The molecule has 0 bridgehead atoms. The number of hydrogen-bond acceptors (Lipinski definition) is 3. The number of hydrogen-bond donors (Lipinski definition) is 1. The van der Waals surface area contributed by atoms with Crippen LogP contribution < -0.4 is 5.32 Å². The van der Waals surface area contributed by atoms with Crippen molar-refractivity contribution in [2.75, 3.05) is 0 Å². The Morgan fingerprint density at radius 3 is 2.80 bits per heavy atom. The van der Waals surface area contributed by atoms with Gasteiger partial charge in [0, 0.05) is 18.9 Å². The molecule has 1 saturated carbocycles. The fourth-order valence-electron chi connectivity index (χ4n) is 1.31. The number of carbonyl (C=O) groups excluding carboxylic acids is 2. The van der Waals surface area contributed by atoms with Crippen LogP contribution in [0, 0.1) is 0 Å². The predicted molar refractivity (Wildman–Crippen MR) is 53.4 cm³/mol. The largest absolute Gasteiger partial charge is 0.461 e. The van der Waals surface area contributed by atoms with E-state index < -0.39 is 0 Å². The van der Waals surface area contributed by atoms with Gasteiger partial charge in [0.25, 0.3) is 0 Å². The number of ketones is 1. The Bertz CT molecular complexity index is 352. The molecule has 80 valence electrons. The molecule has 1 aliphatic carbocycles. The zero-order valence-corrected chi connectivity index (χ0v) is 8.36. The van der Waals surface area contributed by atoms with Gasteiger partial charge in [-0.1, -0.05) is 0 Å². The molecule has 1 aromatic rings. The molecular weight excluding hydrogens is 194 g/mol. The number of furan rings is 1. The summed E-state index contributed by atoms with van der Waals surface area (Å²) < 4.78 is 4.94. The number of amides is 1. The van der Waals surface area contributed by atoms with Crippen molar-refractivity contribution < 1.29 is 14.0 Å². The first-order valence-corrected chi connectivity index (χ1v) is 5.12. The number of Topliss-reactive ketones (excluding diaryl/α,β-unsaturated/α-hetero) is 1. The first-order chi connectivity index (χ1) is 7.25. The summed E-state index contributed by atoms with van der Waals surface area (Å²) in [6.07, 6.45) is 4.05. The van der Waals surface area contributed by atoms with Crippen LogP contribution in [0.15, 0.2) is 22.8 Å². The van der Waals surface area contributed by atoms with E-state index in [1.807, 2.05) is 0 Å². The quantitative estimate of drug-likeness (QED) is 0.745. The minimum absolute atomic E-state index is 0.0441. The molecule has 1 aliphatic rings. The summed E-state index contributed by atoms with van der Waals surface area (Å²) in [7, 11) is 0. The van der Waals surface area contributed by atoms with Crippen molar-refractivity contribution in [2.24, 2.45) is 0 Å². The molecule has 1 fully saturated rings. The maximum atomic E-state index is 11.4. The summed E-state index contributed by atoms with van der Waals surface area (Å²) in [5.74, 6) is 0.164. The van der Waals surface area contributed by atoms with Crippen LogP contribution in [0.4, 0.5) is 0 Å². The molecule has 0 unspecified atom stereocenters. The van der Waals surface area contributed by atoms with E-state index in [1.165, 1.54) is 6.26 Å². The molecule has 0 radical (unpaired) electrons. The second-order valence-corrected chi connectivity index (χ2v) is 3.74. The molecule has 0 saturated heterocycles. The lowest BCUT2D eigenvalue weighted by Crippen LogP contribution is -2.25. The molecule has 0 aromatic carbocycles. The van der Waals surface area contributed by atoms with Crippen molar-refractivity contribution in [3.8, 4) is 0 Å². The smallest absolute Gasteiger partial charge is 0.220 e. The van der Waals surface area contributed by atoms with Gasteiger partial charge in [-0.15, -0.1) is 0 Å². The number of nitrogens with one attached hydrogen (secondary N) is 1. The van der Waals surface area contributed by atoms with Gasteiger partial charge in [0.1, 0.15) is 0 Å². The molecule has 15 heavy (non-hydrogen) atoms. The summed E-state index contributed by atoms with van der Waals surface area (Å²) in [5.41, 5.74) is 0. The fourth-order valence-corrected chi connectivity index (χ4v) is 1.31. The van der Waals surface area contributed by atoms with E-state index >= 15 is 0 Å². The average Bonchev–Trinajstić information content (AvgIpc) is 2.86. The summed E-state index contributed by atoms with van der Waals surface area (Å²) in [6, 6.07) is 3.63. The van der Waals surface area contributed by atoms with E-state index in [1.54, 1.807) is 12.1 Å². The van der Waals surface area contributed by atoms with Crippen LogP contribution in [-0.4, -0.2) is 17.7 Å². The van der Waals surface area contributed by atoms with E-state index in [2.05, 4.69) is 5.32 Å². The summed E-state index contributed by atoms with van der Waals surface area (Å²) in [5, 5.41) is 2.83.